The number of carbonyl (C=O) groups excluding carboxylic acids is 1. The maximum atomic E-state index is 11.6. The van der Waals surface area contributed by atoms with Gasteiger partial charge in [0.05, 0.1) is 29.6 Å². The highest BCUT2D eigenvalue weighted by Gasteiger charge is 2.09. The van der Waals surface area contributed by atoms with Crippen LogP contribution in [0, 0.1) is 13.8 Å². The second-order valence-corrected chi connectivity index (χ2v) is 6.33. The Morgan fingerprint density at radius 2 is 1.96 bits per heavy atom. The van der Waals surface area contributed by atoms with Crippen LogP contribution < -0.4 is 10.6 Å². The fourth-order valence-corrected chi connectivity index (χ4v) is 2.96. The number of esters is 1. The standard InChI is InChI=1S/C19H18ClN5O2/c1-11-7-12(2)17(15(20)8-11)23-16-10-21-25-19(24-16)22-14-6-4-5-13(9-14)18(26)27-3/h4-10H,1-3H3,(H2,22,23,24,25). The average molecular weight is 384 g/mol. The van der Waals surface area contributed by atoms with Gasteiger partial charge in [0.25, 0.3) is 0 Å². The number of halogens is 1. The van der Waals surface area contributed by atoms with Gasteiger partial charge in [-0.1, -0.05) is 23.7 Å². The van der Waals surface area contributed by atoms with E-state index in [0.29, 0.717) is 22.1 Å². The summed E-state index contributed by atoms with van der Waals surface area (Å²) in [5.74, 6) is 0.353. The predicted octanol–water partition coefficient (Wildman–Crippen LogP) is 4.42. The van der Waals surface area contributed by atoms with E-state index < -0.39 is 5.97 Å². The molecular formula is C19H18ClN5O2. The van der Waals surface area contributed by atoms with Gasteiger partial charge in [-0.3, -0.25) is 0 Å². The summed E-state index contributed by atoms with van der Waals surface area (Å²) in [5.41, 5.74) is 3.91. The quantitative estimate of drug-likeness (QED) is 0.630. The molecule has 27 heavy (non-hydrogen) atoms. The van der Waals surface area contributed by atoms with Crippen LogP contribution in [0.2, 0.25) is 5.02 Å². The van der Waals surface area contributed by atoms with Crippen molar-refractivity contribution in [1.82, 2.24) is 15.2 Å². The zero-order chi connectivity index (χ0) is 19.4. The lowest BCUT2D eigenvalue weighted by molar-refractivity contribution is 0.0601. The van der Waals surface area contributed by atoms with Crippen LogP contribution in [0.4, 0.5) is 23.1 Å². The Balaban J connectivity index is 1.82. The van der Waals surface area contributed by atoms with Crippen molar-refractivity contribution in [2.75, 3.05) is 17.7 Å². The van der Waals surface area contributed by atoms with Crippen molar-refractivity contribution >= 4 is 40.7 Å². The van der Waals surface area contributed by atoms with Crippen molar-refractivity contribution in [3.63, 3.8) is 0 Å². The molecule has 8 heteroatoms. The molecule has 0 saturated carbocycles. The number of anilines is 4. The molecular weight excluding hydrogens is 366 g/mol. The van der Waals surface area contributed by atoms with Gasteiger partial charge < -0.3 is 15.4 Å². The molecule has 2 N–H and O–H groups in total. The van der Waals surface area contributed by atoms with Crippen LogP contribution in [0.5, 0.6) is 0 Å². The van der Waals surface area contributed by atoms with Crippen LogP contribution >= 0.6 is 11.6 Å². The molecule has 1 aromatic heterocycles. The normalized spacial score (nSPS) is 10.4. The molecule has 1 heterocycles. The largest absolute Gasteiger partial charge is 0.465 e. The third kappa shape index (κ3) is 4.51. The predicted molar refractivity (Wildman–Crippen MR) is 105 cm³/mol. The van der Waals surface area contributed by atoms with Gasteiger partial charge in [0, 0.05) is 5.69 Å². The highest BCUT2D eigenvalue weighted by Crippen LogP contribution is 2.29. The SMILES string of the molecule is COC(=O)c1cccc(Nc2nncc(Nc3c(C)cc(C)cc3Cl)n2)c1. The Labute approximate surface area is 161 Å². The zero-order valence-electron chi connectivity index (χ0n) is 15.1. The Morgan fingerprint density at radius 1 is 1.15 bits per heavy atom. The number of nitrogens with one attached hydrogen (secondary N) is 2. The monoisotopic (exact) mass is 383 g/mol. The molecule has 3 aromatic rings. The van der Waals surface area contributed by atoms with Crippen LogP contribution in [-0.4, -0.2) is 28.3 Å². The maximum Gasteiger partial charge on any atom is 0.337 e. The molecule has 0 spiro atoms. The third-order valence-electron chi connectivity index (χ3n) is 3.78. The number of hydrogen-bond donors (Lipinski definition) is 2. The smallest absolute Gasteiger partial charge is 0.337 e. The van der Waals surface area contributed by atoms with E-state index in [1.165, 1.54) is 13.3 Å². The number of hydrogen-bond acceptors (Lipinski definition) is 7. The number of carbonyl (C=O) groups is 1. The fourth-order valence-electron chi connectivity index (χ4n) is 2.59. The van der Waals surface area contributed by atoms with E-state index in [4.69, 9.17) is 16.3 Å². The first kappa shape index (κ1) is 18.6. The van der Waals surface area contributed by atoms with Gasteiger partial charge in [0.1, 0.15) is 0 Å². The van der Waals surface area contributed by atoms with Crippen molar-refractivity contribution in [3.05, 3.63) is 64.3 Å². The third-order valence-corrected chi connectivity index (χ3v) is 4.08. The van der Waals surface area contributed by atoms with Crippen molar-refractivity contribution in [2.24, 2.45) is 0 Å². The number of benzene rings is 2. The Bertz CT molecular complexity index is 970. The Morgan fingerprint density at radius 3 is 2.70 bits per heavy atom. The van der Waals surface area contributed by atoms with E-state index in [9.17, 15) is 4.79 Å². The van der Waals surface area contributed by atoms with Gasteiger partial charge in [0.15, 0.2) is 5.82 Å². The highest BCUT2D eigenvalue weighted by molar-refractivity contribution is 6.33. The first-order valence-electron chi connectivity index (χ1n) is 8.15. The minimum atomic E-state index is -0.419. The van der Waals surface area contributed by atoms with E-state index in [1.54, 1.807) is 24.3 Å². The Kier molecular flexibility index (Phi) is 5.52. The van der Waals surface area contributed by atoms with E-state index in [0.717, 1.165) is 16.8 Å². The summed E-state index contributed by atoms with van der Waals surface area (Å²) >= 11 is 6.33. The average Bonchev–Trinajstić information content (AvgIpc) is 2.64. The minimum absolute atomic E-state index is 0.280. The summed E-state index contributed by atoms with van der Waals surface area (Å²) in [4.78, 5) is 16.0. The van der Waals surface area contributed by atoms with Gasteiger partial charge in [-0.2, -0.15) is 10.1 Å². The lowest BCUT2D eigenvalue weighted by Crippen LogP contribution is -2.05. The molecule has 0 amide bonds. The van der Waals surface area contributed by atoms with Crippen LogP contribution in [0.25, 0.3) is 0 Å². The van der Waals surface area contributed by atoms with Crippen molar-refractivity contribution < 1.29 is 9.53 Å². The molecule has 138 valence electrons. The van der Waals surface area contributed by atoms with E-state index >= 15 is 0 Å². The van der Waals surface area contributed by atoms with Crippen molar-refractivity contribution in [3.8, 4) is 0 Å². The maximum absolute atomic E-state index is 11.6. The molecule has 7 nitrogen and oxygen atoms in total. The van der Waals surface area contributed by atoms with Gasteiger partial charge in [-0.25, -0.2) is 4.79 Å². The minimum Gasteiger partial charge on any atom is -0.465 e. The summed E-state index contributed by atoms with van der Waals surface area (Å²) in [6, 6.07) is 10.7. The lowest BCUT2D eigenvalue weighted by atomic mass is 10.1. The molecule has 0 aliphatic carbocycles. The molecule has 2 aromatic carbocycles. The van der Waals surface area contributed by atoms with E-state index in [1.807, 2.05) is 26.0 Å². The number of rotatable bonds is 5. The van der Waals surface area contributed by atoms with Crippen LogP contribution in [0.15, 0.2) is 42.6 Å². The molecule has 3 rings (SSSR count). The molecule has 0 bridgehead atoms. The van der Waals surface area contributed by atoms with Gasteiger partial charge in [0.2, 0.25) is 5.95 Å². The summed E-state index contributed by atoms with van der Waals surface area (Å²) in [6.45, 7) is 3.95. The first-order valence-corrected chi connectivity index (χ1v) is 8.53. The number of aromatic nitrogens is 3. The molecule has 0 atom stereocenters. The topological polar surface area (TPSA) is 89.0 Å². The number of methoxy groups -OCH3 is 1. The lowest BCUT2D eigenvalue weighted by Gasteiger charge is -2.12. The van der Waals surface area contributed by atoms with Crippen molar-refractivity contribution in [1.29, 1.82) is 0 Å². The molecule has 0 saturated heterocycles. The summed E-state index contributed by atoms with van der Waals surface area (Å²) in [5, 5.41) is 14.7. The highest BCUT2D eigenvalue weighted by atomic mass is 35.5. The van der Waals surface area contributed by atoms with Crippen LogP contribution in [-0.2, 0) is 4.74 Å². The van der Waals surface area contributed by atoms with Gasteiger partial charge in [-0.15, -0.1) is 5.10 Å². The molecule has 0 aliphatic rings. The second-order valence-electron chi connectivity index (χ2n) is 5.93. The summed E-state index contributed by atoms with van der Waals surface area (Å²) < 4.78 is 4.72. The second kappa shape index (κ2) is 8.01. The Hall–Kier alpha value is -3.19. The van der Waals surface area contributed by atoms with Gasteiger partial charge in [-0.05, 0) is 49.2 Å². The zero-order valence-corrected chi connectivity index (χ0v) is 15.8. The number of ether oxygens (including phenoxy) is 1. The van der Waals surface area contributed by atoms with Crippen LogP contribution in [0.3, 0.4) is 0 Å². The number of nitrogens with zero attached hydrogens (tertiary/aromatic N) is 3. The number of aryl methyl sites for hydroxylation is 2. The van der Waals surface area contributed by atoms with E-state index in [-0.39, 0.29) is 5.95 Å². The van der Waals surface area contributed by atoms with Crippen LogP contribution in [0.1, 0.15) is 21.5 Å². The van der Waals surface area contributed by atoms with Gasteiger partial charge >= 0.3 is 5.97 Å². The van der Waals surface area contributed by atoms with Crippen molar-refractivity contribution in [2.45, 2.75) is 13.8 Å². The summed E-state index contributed by atoms with van der Waals surface area (Å²) in [7, 11) is 1.34. The van der Waals surface area contributed by atoms with E-state index in [2.05, 4.69) is 25.8 Å². The molecule has 0 unspecified atom stereocenters. The molecule has 0 fully saturated rings. The first-order chi connectivity index (χ1) is 13.0. The molecule has 0 aliphatic heterocycles. The summed E-state index contributed by atoms with van der Waals surface area (Å²) in [6.07, 6.45) is 1.51. The molecule has 0 radical (unpaired) electrons. The fraction of sp³-hybridized carbons (Fsp3) is 0.158.